The van der Waals surface area contributed by atoms with Crippen molar-refractivity contribution in [3.63, 3.8) is 0 Å². The number of nitrogens with two attached hydrogens (primary N) is 1. The number of thioether (sulfide) groups is 1. The normalized spacial score (nSPS) is 15.6. The number of halogens is 5. The van der Waals surface area contributed by atoms with Crippen molar-refractivity contribution in [1.29, 1.82) is 0 Å². The summed E-state index contributed by atoms with van der Waals surface area (Å²) in [5, 5.41) is 1.74. The molecule has 2 amide bonds. The van der Waals surface area contributed by atoms with Crippen molar-refractivity contribution in [3.05, 3.63) is 64.7 Å². The van der Waals surface area contributed by atoms with Crippen LogP contribution < -0.4 is 15.8 Å². The molecule has 3 N–H and O–H groups in total. The number of hydrogen-bond donors (Lipinski definition) is 2. The molecule has 1 unspecified atom stereocenters. The van der Waals surface area contributed by atoms with E-state index in [1.54, 1.807) is 6.92 Å². The molecule has 2 aromatic carbocycles. The van der Waals surface area contributed by atoms with Crippen molar-refractivity contribution in [2.24, 2.45) is 5.73 Å². The van der Waals surface area contributed by atoms with E-state index in [0.29, 0.717) is 17.9 Å². The van der Waals surface area contributed by atoms with Crippen molar-refractivity contribution < 1.29 is 41.4 Å². The SMILES string of the molecule is CCOC(=O)C(C)(C)Oc1ccc(CNC(=O)C2SCCN2C(=O)C[C@H](N)Cc2cc(F)c(F)cc2F)c(F)c1.Cl. The van der Waals surface area contributed by atoms with Crippen LogP contribution in [0.15, 0.2) is 30.3 Å². The van der Waals surface area contributed by atoms with Gasteiger partial charge in [0, 0.05) is 49.0 Å². The topological polar surface area (TPSA) is 111 Å². The van der Waals surface area contributed by atoms with Gasteiger partial charge in [-0.15, -0.1) is 24.2 Å². The molecule has 1 heterocycles. The first-order valence-electron chi connectivity index (χ1n) is 12.5. The molecular weight excluding hydrogens is 590 g/mol. The van der Waals surface area contributed by atoms with E-state index < -0.39 is 58.1 Å². The van der Waals surface area contributed by atoms with E-state index in [-0.39, 0.29) is 61.8 Å². The minimum Gasteiger partial charge on any atom is -0.476 e. The summed E-state index contributed by atoms with van der Waals surface area (Å²) in [6.45, 7) is 4.93. The number of benzene rings is 2. The van der Waals surface area contributed by atoms with Crippen LogP contribution in [-0.4, -0.2) is 58.6 Å². The monoisotopic (exact) mass is 621 g/mol. The third-order valence-corrected chi connectivity index (χ3v) is 7.26. The second kappa shape index (κ2) is 14.7. The van der Waals surface area contributed by atoms with Crippen LogP contribution in [0.1, 0.15) is 38.3 Å². The molecule has 3 rings (SSSR count). The Morgan fingerprint density at radius 2 is 1.73 bits per heavy atom. The third kappa shape index (κ3) is 8.98. The summed E-state index contributed by atoms with van der Waals surface area (Å²) in [6, 6.07) is 4.20. The highest BCUT2D eigenvalue weighted by Gasteiger charge is 2.35. The van der Waals surface area contributed by atoms with Crippen LogP contribution in [0, 0.1) is 23.3 Å². The first kappa shape index (κ1) is 34.2. The number of carbonyl (C=O) groups excluding carboxylic acids is 3. The van der Waals surface area contributed by atoms with Gasteiger partial charge in [0.2, 0.25) is 5.91 Å². The van der Waals surface area contributed by atoms with E-state index in [4.69, 9.17) is 15.2 Å². The lowest BCUT2D eigenvalue weighted by Crippen LogP contribution is -2.46. The second-order valence-corrected chi connectivity index (χ2v) is 10.8. The summed E-state index contributed by atoms with van der Waals surface area (Å²) >= 11 is 1.22. The molecular formula is C27H32ClF4N3O5S. The lowest BCUT2D eigenvalue weighted by molar-refractivity contribution is -0.158. The fourth-order valence-electron chi connectivity index (χ4n) is 4.00. The fraction of sp³-hybridized carbons (Fsp3) is 0.444. The van der Waals surface area contributed by atoms with Crippen LogP contribution in [0.2, 0.25) is 0 Å². The first-order chi connectivity index (χ1) is 18.8. The number of esters is 1. The number of hydrogen-bond acceptors (Lipinski definition) is 7. The predicted molar refractivity (Wildman–Crippen MR) is 147 cm³/mol. The average molecular weight is 622 g/mol. The standard InChI is InChI=1S/C27H31F4N3O5S.ClH/c1-4-38-26(37)27(2,3)39-18-6-5-15(19(28)12-18)14-33-24(36)25-34(7-8-40-25)23(35)11-17(32)9-16-10-21(30)22(31)13-20(16)29;/h5-6,10,12-13,17,25H,4,7-9,11,14,32H2,1-3H3,(H,33,36);1H/t17-,25?;/m1./s1. The Balaban J connectivity index is 0.00000588. The molecule has 0 aliphatic carbocycles. The second-order valence-electron chi connectivity index (χ2n) is 9.64. The molecule has 1 aliphatic rings. The van der Waals surface area contributed by atoms with E-state index in [1.165, 1.54) is 42.6 Å². The van der Waals surface area contributed by atoms with E-state index in [1.807, 2.05) is 0 Å². The van der Waals surface area contributed by atoms with Gasteiger partial charge >= 0.3 is 5.97 Å². The number of rotatable bonds is 11. The summed E-state index contributed by atoms with van der Waals surface area (Å²) in [5.74, 6) is -5.17. The maximum Gasteiger partial charge on any atom is 0.349 e. The zero-order chi connectivity index (χ0) is 29.6. The molecule has 0 radical (unpaired) electrons. The predicted octanol–water partition coefficient (Wildman–Crippen LogP) is 3.86. The Morgan fingerprint density at radius 1 is 1.07 bits per heavy atom. The van der Waals surface area contributed by atoms with E-state index in [9.17, 15) is 31.9 Å². The highest BCUT2D eigenvalue weighted by Crippen LogP contribution is 2.26. The molecule has 1 saturated heterocycles. The van der Waals surface area contributed by atoms with Crippen molar-refractivity contribution in [2.75, 3.05) is 18.9 Å². The maximum atomic E-state index is 14.7. The van der Waals surface area contributed by atoms with Crippen LogP contribution in [0.5, 0.6) is 5.75 Å². The largest absolute Gasteiger partial charge is 0.476 e. The Kier molecular flexibility index (Phi) is 12.3. The fourth-order valence-corrected chi connectivity index (χ4v) is 5.17. The molecule has 0 bridgehead atoms. The van der Waals surface area contributed by atoms with Gasteiger partial charge < -0.3 is 25.4 Å². The lowest BCUT2D eigenvalue weighted by Gasteiger charge is -2.25. The van der Waals surface area contributed by atoms with Gasteiger partial charge in [-0.3, -0.25) is 9.59 Å². The van der Waals surface area contributed by atoms with Crippen LogP contribution >= 0.6 is 24.2 Å². The zero-order valence-electron chi connectivity index (χ0n) is 22.7. The van der Waals surface area contributed by atoms with Gasteiger partial charge in [0.1, 0.15) is 17.4 Å². The van der Waals surface area contributed by atoms with Crippen LogP contribution in [0.4, 0.5) is 17.6 Å². The van der Waals surface area contributed by atoms with E-state index in [0.717, 1.165) is 6.07 Å². The summed E-state index contributed by atoms with van der Waals surface area (Å²) in [6.07, 6.45) is -0.455. The molecule has 1 fully saturated rings. The minimum atomic E-state index is -1.33. The van der Waals surface area contributed by atoms with Crippen LogP contribution in [0.3, 0.4) is 0 Å². The summed E-state index contributed by atoms with van der Waals surface area (Å²) in [7, 11) is 0. The third-order valence-electron chi connectivity index (χ3n) is 6.06. The molecule has 0 spiro atoms. The average Bonchev–Trinajstić information content (AvgIpc) is 3.37. The number of nitrogens with zero attached hydrogens (tertiary/aromatic N) is 1. The van der Waals surface area contributed by atoms with Gasteiger partial charge in [0.15, 0.2) is 22.6 Å². The molecule has 8 nitrogen and oxygen atoms in total. The van der Waals surface area contributed by atoms with Gasteiger partial charge in [0.25, 0.3) is 5.91 Å². The summed E-state index contributed by atoms with van der Waals surface area (Å²) < 4.78 is 65.8. The van der Waals surface area contributed by atoms with Gasteiger partial charge in [0.05, 0.1) is 6.61 Å². The Hall–Kier alpha value is -3.03. The van der Waals surface area contributed by atoms with E-state index in [2.05, 4.69) is 5.32 Å². The molecule has 0 saturated carbocycles. The minimum absolute atomic E-state index is 0. The Bertz CT molecular complexity index is 1270. The molecule has 2 aromatic rings. The quantitative estimate of drug-likeness (QED) is 0.223. The van der Waals surface area contributed by atoms with Gasteiger partial charge in [-0.1, -0.05) is 6.07 Å². The molecule has 14 heteroatoms. The van der Waals surface area contributed by atoms with Gasteiger partial charge in [-0.2, -0.15) is 0 Å². The Morgan fingerprint density at radius 3 is 2.39 bits per heavy atom. The van der Waals surface area contributed by atoms with Gasteiger partial charge in [-0.05, 0) is 44.9 Å². The highest BCUT2D eigenvalue weighted by atomic mass is 35.5. The van der Waals surface area contributed by atoms with Crippen molar-refractivity contribution in [1.82, 2.24) is 10.2 Å². The number of carbonyl (C=O) groups is 3. The summed E-state index contributed by atoms with van der Waals surface area (Å²) in [4.78, 5) is 39.0. The highest BCUT2D eigenvalue weighted by molar-refractivity contribution is 8.00. The van der Waals surface area contributed by atoms with E-state index >= 15 is 0 Å². The van der Waals surface area contributed by atoms with Gasteiger partial charge in [-0.25, -0.2) is 22.4 Å². The van der Waals surface area contributed by atoms with Crippen LogP contribution in [-0.2, 0) is 32.1 Å². The zero-order valence-corrected chi connectivity index (χ0v) is 24.3. The summed E-state index contributed by atoms with van der Waals surface area (Å²) in [5.41, 5.74) is 4.64. The number of nitrogens with one attached hydrogen (secondary N) is 1. The smallest absolute Gasteiger partial charge is 0.349 e. The first-order valence-corrected chi connectivity index (χ1v) is 13.6. The van der Waals surface area contributed by atoms with Crippen molar-refractivity contribution in [2.45, 2.75) is 57.2 Å². The van der Waals surface area contributed by atoms with Crippen molar-refractivity contribution >= 4 is 42.0 Å². The van der Waals surface area contributed by atoms with Crippen LogP contribution in [0.25, 0.3) is 0 Å². The Labute approximate surface area is 245 Å². The molecule has 2 atom stereocenters. The molecule has 41 heavy (non-hydrogen) atoms. The lowest BCUT2D eigenvalue weighted by atomic mass is 10.0. The van der Waals surface area contributed by atoms with Crippen molar-refractivity contribution in [3.8, 4) is 5.75 Å². The molecule has 226 valence electrons. The number of ether oxygens (including phenoxy) is 2. The molecule has 1 aliphatic heterocycles. The maximum absolute atomic E-state index is 14.7. The molecule has 0 aromatic heterocycles. The number of amides is 2.